The third-order valence-corrected chi connectivity index (χ3v) is 9.73. The topological polar surface area (TPSA) is 0 Å². The summed E-state index contributed by atoms with van der Waals surface area (Å²) in [6.45, 7) is 21.0. The van der Waals surface area contributed by atoms with Gasteiger partial charge in [0.2, 0.25) is 0 Å². The van der Waals surface area contributed by atoms with E-state index < -0.39 is 16.1 Å². The van der Waals surface area contributed by atoms with Gasteiger partial charge in [-0.2, -0.15) is 10.4 Å². The normalized spacial score (nSPS) is 14.1. The molecule has 0 bridgehead atoms. The Hall–Kier alpha value is 1.07. The summed E-state index contributed by atoms with van der Waals surface area (Å²) in [6.07, 6.45) is 21.8. The van der Waals surface area contributed by atoms with Gasteiger partial charge in [-0.1, -0.05) is 91.7 Å². The third kappa shape index (κ3) is 18.4. The first kappa shape index (κ1) is 43.2. The van der Waals surface area contributed by atoms with Crippen molar-refractivity contribution in [1.82, 2.24) is 0 Å². The molecule has 32 heavy (non-hydrogen) atoms. The van der Waals surface area contributed by atoms with E-state index in [9.17, 15) is 0 Å². The van der Waals surface area contributed by atoms with Gasteiger partial charge in [-0.3, -0.25) is 12.2 Å². The molecule has 0 saturated carbocycles. The molecule has 190 valence electrons. The van der Waals surface area contributed by atoms with E-state index in [-0.39, 0.29) is 39.7 Å². The summed E-state index contributed by atoms with van der Waals surface area (Å²) in [6, 6.07) is 0. The Bertz CT molecular complexity index is 543. The van der Waals surface area contributed by atoms with Crippen LogP contribution < -0.4 is 0 Å². The minimum absolute atomic E-state index is 0. The second-order valence-corrected chi connectivity index (χ2v) is 20.1. The van der Waals surface area contributed by atoms with Gasteiger partial charge in [0.1, 0.15) is 0 Å². The summed E-state index contributed by atoms with van der Waals surface area (Å²) in [4.78, 5) is 0. The molecule has 2 aliphatic rings. The van der Waals surface area contributed by atoms with Crippen LogP contribution in [0.4, 0.5) is 0 Å². The molecule has 6 heteroatoms. The number of hydrogen-bond acceptors (Lipinski definition) is 0. The van der Waals surface area contributed by atoms with Crippen LogP contribution in [0.5, 0.6) is 0 Å². The minimum atomic E-state index is -1.03. The van der Waals surface area contributed by atoms with Crippen molar-refractivity contribution in [3.63, 3.8) is 0 Å². The first-order valence-electron chi connectivity index (χ1n) is 11.0. The van der Waals surface area contributed by atoms with Gasteiger partial charge in [0.05, 0.1) is 16.1 Å². The van der Waals surface area contributed by atoms with Gasteiger partial charge in [0.25, 0.3) is 0 Å². The van der Waals surface area contributed by atoms with Crippen molar-refractivity contribution >= 4 is 47.8 Å². The second-order valence-electron chi connectivity index (χ2n) is 9.80. The molecule has 0 aromatic rings. The van der Waals surface area contributed by atoms with Gasteiger partial charge in [-0.25, -0.2) is 23.3 Å². The van der Waals surface area contributed by atoms with Crippen LogP contribution in [0.25, 0.3) is 0 Å². The van der Waals surface area contributed by atoms with Gasteiger partial charge in [-0.15, -0.1) is 37.7 Å². The molecule has 0 aromatic heterocycles. The van der Waals surface area contributed by atoms with Crippen LogP contribution in [0.15, 0.2) is 33.7 Å². The Morgan fingerprint density at radius 3 is 1.19 bits per heavy atom. The van der Waals surface area contributed by atoms with Crippen molar-refractivity contribution in [3.05, 3.63) is 60.7 Å². The van der Waals surface area contributed by atoms with Crippen molar-refractivity contribution in [2.24, 2.45) is 0 Å². The van der Waals surface area contributed by atoms with Crippen molar-refractivity contribution in [2.45, 2.75) is 104 Å². The first-order chi connectivity index (χ1) is 13.1. The summed E-state index contributed by atoms with van der Waals surface area (Å²) in [5, 5.41) is 3.36. The molecule has 2 aliphatic carbocycles. The average Bonchev–Trinajstić information content (AvgIpc) is 3.29. The molecule has 0 amide bonds. The Morgan fingerprint density at radius 2 is 1.00 bits per heavy atom. The standard InChI is InChI=1S/2C12H21Si.2CH3.2ClH.H2Si.Zr/c2*1-5-6-7-11-8-9-12(10-11)13(2,3)4;;;;;;/h2*10H,5-7,9H2,1-4H3;2*1H3;2*1H;1H2;/q4*-1;;;;. The van der Waals surface area contributed by atoms with E-state index in [4.69, 9.17) is 0 Å². The van der Waals surface area contributed by atoms with Crippen LogP contribution in [0.1, 0.15) is 65.2 Å². The Kier molecular flexibility index (Phi) is 30.4. The summed E-state index contributed by atoms with van der Waals surface area (Å²) in [7, 11) is -2.05. The van der Waals surface area contributed by atoms with Crippen molar-refractivity contribution in [2.75, 3.05) is 0 Å². The maximum absolute atomic E-state index is 3.51. The van der Waals surface area contributed by atoms with E-state index >= 15 is 0 Å². The van der Waals surface area contributed by atoms with Crippen LogP contribution >= 0.6 is 24.8 Å². The predicted octanol–water partition coefficient (Wildman–Crippen LogP) is 9.05. The van der Waals surface area contributed by atoms with Crippen LogP contribution in [-0.4, -0.2) is 23.0 Å². The molecule has 0 radical (unpaired) electrons. The summed E-state index contributed by atoms with van der Waals surface area (Å²) < 4.78 is 0. The van der Waals surface area contributed by atoms with E-state index in [0.717, 1.165) is 12.8 Å². The van der Waals surface area contributed by atoms with Gasteiger partial charge in [-0.05, 0) is 0 Å². The monoisotopic (exact) mass is 608 g/mol. The third-order valence-electron chi connectivity index (χ3n) is 5.23. The summed E-state index contributed by atoms with van der Waals surface area (Å²) in [5.41, 5.74) is 2.94. The molecule has 0 N–H and O–H groups in total. The van der Waals surface area contributed by atoms with E-state index in [2.05, 4.69) is 77.4 Å². The molecule has 2 rings (SSSR count). The Balaban J connectivity index is -0.000000126. The fraction of sp³-hybridized carbons (Fsp3) is 0.615. The first-order valence-corrected chi connectivity index (χ1v) is 24.0. The fourth-order valence-corrected chi connectivity index (χ4v) is 5.51. The zero-order chi connectivity index (χ0) is 21.8. The molecular weight excluding hydrogens is 559 g/mol. The summed E-state index contributed by atoms with van der Waals surface area (Å²) in [5.74, 6) is 0. The number of allylic oxidation sites excluding steroid dienone is 8. The van der Waals surface area contributed by atoms with E-state index in [1.54, 1.807) is 33.7 Å². The van der Waals surface area contributed by atoms with Gasteiger partial charge in [0.15, 0.2) is 0 Å². The Morgan fingerprint density at radius 1 is 0.719 bits per heavy atom. The van der Waals surface area contributed by atoms with Gasteiger partial charge < -0.3 is 14.9 Å². The number of hydrogen-bond donors (Lipinski definition) is 0. The molecule has 0 aromatic carbocycles. The van der Waals surface area contributed by atoms with E-state index in [1.165, 1.54) is 49.7 Å². The van der Waals surface area contributed by atoms with Crippen molar-refractivity contribution in [1.29, 1.82) is 0 Å². The summed E-state index contributed by atoms with van der Waals surface area (Å²) >= 11 is 1.58. The van der Waals surface area contributed by atoms with Crippen LogP contribution in [0.2, 0.25) is 39.3 Å². The molecule has 0 saturated heterocycles. The molecule has 0 atom stereocenters. The molecule has 0 unspecified atom stereocenters. The zero-order valence-corrected chi connectivity index (χ0v) is 30.3. The predicted molar refractivity (Wildman–Crippen MR) is 161 cm³/mol. The van der Waals surface area contributed by atoms with Gasteiger partial charge in [0, 0.05) is 0 Å². The Labute approximate surface area is 234 Å². The van der Waals surface area contributed by atoms with E-state index in [0.29, 0.717) is 0 Å². The van der Waals surface area contributed by atoms with Crippen molar-refractivity contribution in [3.8, 4) is 0 Å². The molecule has 0 spiro atoms. The van der Waals surface area contributed by atoms with Crippen LogP contribution in [-0.2, 0) is 23.3 Å². The SMILES string of the molecule is CCCCC1=[C-]CC([Si](C)(C)C)=C1.CCCCC1=[C-]CC([Si](C)(C)C)=C1.Cl.Cl.[CH3-].[CH3-].[SiH2]=[Zr]. The number of unbranched alkanes of at least 4 members (excludes halogenated alkanes) is 2. The maximum atomic E-state index is 3.51. The molecule has 0 fully saturated rings. The molecule has 0 nitrogen and oxygen atoms in total. The van der Waals surface area contributed by atoms with Gasteiger partial charge >= 0.3 is 30.2 Å². The fourth-order valence-electron chi connectivity index (χ4n) is 3.06. The second kappa shape index (κ2) is 22.5. The van der Waals surface area contributed by atoms with Crippen molar-refractivity contribution < 1.29 is 23.3 Å². The molecular formula is C26H52Cl2Si3Zr-4. The quantitative estimate of drug-likeness (QED) is 0.190. The molecule has 0 aliphatic heterocycles. The average molecular weight is 611 g/mol. The van der Waals surface area contributed by atoms with Crippen LogP contribution in [0, 0.1) is 27.0 Å². The zero-order valence-electron chi connectivity index (χ0n) is 22.8. The number of halogens is 2. The van der Waals surface area contributed by atoms with Crippen LogP contribution in [0.3, 0.4) is 0 Å². The molecule has 0 heterocycles. The van der Waals surface area contributed by atoms with E-state index in [1.807, 2.05) is 6.88 Å². The number of rotatable bonds is 8.